The Labute approximate surface area is 123 Å². The first-order chi connectivity index (χ1) is 9.58. The average Bonchev–Trinajstić information content (AvgIpc) is 2.41. The minimum Gasteiger partial charge on any atom is -0.383 e. The zero-order valence-corrected chi connectivity index (χ0v) is 13.6. The zero-order chi connectivity index (χ0) is 15.0. The van der Waals surface area contributed by atoms with Crippen molar-refractivity contribution in [3.63, 3.8) is 0 Å². The van der Waals surface area contributed by atoms with Crippen LogP contribution >= 0.6 is 0 Å². The van der Waals surface area contributed by atoms with E-state index in [9.17, 15) is 0 Å². The van der Waals surface area contributed by atoms with E-state index in [0.717, 1.165) is 44.3 Å². The van der Waals surface area contributed by atoms with E-state index in [0.29, 0.717) is 5.92 Å². The highest BCUT2D eigenvalue weighted by atomic mass is 16.5. The molecule has 4 heteroatoms. The lowest BCUT2D eigenvalue weighted by atomic mass is 10.1. The number of aryl methyl sites for hydroxylation is 1. The number of nitrogens with one attached hydrogen (secondary N) is 1. The molecule has 0 amide bonds. The van der Waals surface area contributed by atoms with E-state index in [1.807, 2.05) is 0 Å². The van der Waals surface area contributed by atoms with Gasteiger partial charge in [-0.25, -0.2) is 4.98 Å². The van der Waals surface area contributed by atoms with Crippen molar-refractivity contribution in [1.29, 1.82) is 0 Å². The van der Waals surface area contributed by atoms with Crippen LogP contribution in [-0.2, 0) is 11.3 Å². The molecule has 0 aliphatic carbocycles. The fraction of sp³-hybridized carbons (Fsp3) is 0.688. The van der Waals surface area contributed by atoms with Crippen LogP contribution in [-0.4, -0.2) is 38.3 Å². The van der Waals surface area contributed by atoms with Gasteiger partial charge in [0, 0.05) is 32.4 Å². The number of methoxy groups -OCH3 is 1. The maximum absolute atomic E-state index is 5.20. The molecule has 1 aromatic heterocycles. The molecule has 0 fully saturated rings. The van der Waals surface area contributed by atoms with Crippen molar-refractivity contribution in [2.75, 3.05) is 38.3 Å². The lowest BCUT2D eigenvalue weighted by molar-refractivity contribution is 0.204. The first kappa shape index (κ1) is 16.9. The van der Waals surface area contributed by atoms with Crippen molar-refractivity contribution in [3.8, 4) is 0 Å². The Bertz CT molecular complexity index is 393. The predicted octanol–water partition coefficient (Wildman–Crippen LogP) is 2.61. The standard InChI is InChI=1S/C16H29N3O/c1-6-17-11-15-7-8-16(18-14(15)4)19(9-10-20-5)12-13(2)3/h7-8,13,17H,6,9-12H2,1-5H3. The quantitative estimate of drug-likeness (QED) is 0.754. The highest BCUT2D eigenvalue weighted by Crippen LogP contribution is 2.16. The zero-order valence-electron chi connectivity index (χ0n) is 13.6. The molecular formula is C16H29N3O. The second-order valence-corrected chi connectivity index (χ2v) is 5.53. The molecule has 0 saturated carbocycles. The van der Waals surface area contributed by atoms with Gasteiger partial charge in [0.2, 0.25) is 0 Å². The van der Waals surface area contributed by atoms with Gasteiger partial charge in [-0.15, -0.1) is 0 Å². The van der Waals surface area contributed by atoms with Crippen LogP contribution in [0.2, 0.25) is 0 Å². The monoisotopic (exact) mass is 279 g/mol. The summed E-state index contributed by atoms with van der Waals surface area (Å²) < 4.78 is 5.20. The van der Waals surface area contributed by atoms with Gasteiger partial charge in [0.25, 0.3) is 0 Å². The molecule has 4 nitrogen and oxygen atoms in total. The third-order valence-corrected chi connectivity index (χ3v) is 3.22. The minimum absolute atomic E-state index is 0.607. The largest absolute Gasteiger partial charge is 0.383 e. The number of pyridine rings is 1. The summed E-state index contributed by atoms with van der Waals surface area (Å²) in [4.78, 5) is 7.07. The smallest absolute Gasteiger partial charge is 0.128 e. The molecule has 114 valence electrons. The first-order valence-corrected chi connectivity index (χ1v) is 7.49. The van der Waals surface area contributed by atoms with E-state index >= 15 is 0 Å². The van der Waals surface area contributed by atoms with E-state index in [1.54, 1.807) is 7.11 Å². The summed E-state index contributed by atoms with van der Waals surface area (Å²) in [5, 5.41) is 3.35. The summed E-state index contributed by atoms with van der Waals surface area (Å²) in [6.07, 6.45) is 0. The van der Waals surface area contributed by atoms with Crippen LogP contribution in [0.5, 0.6) is 0 Å². The topological polar surface area (TPSA) is 37.4 Å². The second kappa shape index (κ2) is 8.93. The summed E-state index contributed by atoms with van der Waals surface area (Å²) >= 11 is 0. The maximum Gasteiger partial charge on any atom is 0.128 e. The van der Waals surface area contributed by atoms with Gasteiger partial charge in [-0.2, -0.15) is 0 Å². The molecular weight excluding hydrogens is 250 g/mol. The predicted molar refractivity (Wildman–Crippen MR) is 85.3 cm³/mol. The summed E-state index contributed by atoms with van der Waals surface area (Å²) in [7, 11) is 1.74. The molecule has 0 radical (unpaired) electrons. The van der Waals surface area contributed by atoms with Crippen LogP contribution in [0.1, 0.15) is 32.0 Å². The fourth-order valence-corrected chi connectivity index (χ4v) is 2.14. The van der Waals surface area contributed by atoms with Gasteiger partial charge >= 0.3 is 0 Å². The SMILES string of the molecule is CCNCc1ccc(N(CCOC)CC(C)C)nc1C. The second-order valence-electron chi connectivity index (χ2n) is 5.53. The highest BCUT2D eigenvalue weighted by molar-refractivity contribution is 5.41. The average molecular weight is 279 g/mol. The van der Waals surface area contributed by atoms with E-state index in [1.165, 1.54) is 5.56 Å². The Hall–Kier alpha value is -1.13. The Balaban J connectivity index is 2.82. The third-order valence-electron chi connectivity index (χ3n) is 3.22. The maximum atomic E-state index is 5.20. The van der Waals surface area contributed by atoms with Crippen LogP contribution in [0.25, 0.3) is 0 Å². The molecule has 1 rings (SSSR count). The van der Waals surface area contributed by atoms with Crippen molar-refractivity contribution >= 4 is 5.82 Å². The molecule has 0 bridgehead atoms. The molecule has 20 heavy (non-hydrogen) atoms. The van der Waals surface area contributed by atoms with Crippen molar-refractivity contribution in [2.45, 2.75) is 34.2 Å². The number of anilines is 1. The summed E-state index contributed by atoms with van der Waals surface area (Å²) in [5.41, 5.74) is 2.38. The van der Waals surface area contributed by atoms with Crippen LogP contribution in [0.3, 0.4) is 0 Å². The summed E-state index contributed by atoms with van der Waals surface area (Å²) in [6.45, 7) is 13.1. The molecule has 0 spiro atoms. The number of hydrogen-bond acceptors (Lipinski definition) is 4. The van der Waals surface area contributed by atoms with Gasteiger partial charge in [0.15, 0.2) is 0 Å². The van der Waals surface area contributed by atoms with Gasteiger partial charge < -0.3 is 15.0 Å². The van der Waals surface area contributed by atoms with Crippen molar-refractivity contribution in [2.24, 2.45) is 5.92 Å². The fourth-order valence-electron chi connectivity index (χ4n) is 2.14. The summed E-state index contributed by atoms with van der Waals surface area (Å²) in [6, 6.07) is 4.30. The highest BCUT2D eigenvalue weighted by Gasteiger charge is 2.11. The molecule has 0 saturated heterocycles. The van der Waals surface area contributed by atoms with Gasteiger partial charge in [0.1, 0.15) is 5.82 Å². The number of nitrogens with zero attached hydrogens (tertiary/aromatic N) is 2. The normalized spacial score (nSPS) is 11.1. The van der Waals surface area contributed by atoms with Crippen molar-refractivity contribution in [3.05, 3.63) is 23.4 Å². The van der Waals surface area contributed by atoms with Gasteiger partial charge in [-0.3, -0.25) is 0 Å². The molecule has 0 unspecified atom stereocenters. The Morgan fingerprint density at radius 3 is 2.65 bits per heavy atom. The van der Waals surface area contributed by atoms with Crippen molar-refractivity contribution < 1.29 is 4.74 Å². The number of aromatic nitrogens is 1. The third kappa shape index (κ3) is 5.47. The molecule has 0 aliphatic rings. The number of ether oxygens (including phenoxy) is 1. The van der Waals surface area contributed by atoms with Gasteiger partial charge in [-0.05, 0) is 31.0 Å². The Morgan fingerprint density at radius 1 is 1.35 bits per heavy atom. The Morgan fingerprint density at radius 2 is 2.10 bits per heavy atom. The molecule has 0 aliphatic heterocycles. The van der Waals surface area contributed by atoms with Crippen molar-refractivity contribution in [1.82, 2.24) is 10.3 Å². The van der Waals surface area contributed by atoms with Crippen LogP contribution in [0, 0.1) is 12.8 Å². The molecule has 1 heterocycles. The number of hydrogen-bond donors (Lipinski definition) is 1. The molecule has 0 atom stereocenters. The van der Waals surface area contributed by atoms with E-state index in [4.69, 9.17) is 9.72 Å². The molecule has 1 N–H and O–H groups in total. The molecule has 1 aromatic rings. The van der Waals surface area contributed by atoms with E-state index in [2.05, 4.69) is 50.0 Å². The van der Waals surface area contributed by atoms with Gasteiger partial charge in [-0.1, -0.05) is 26.8 Å². The first-order valence-electron chi connectivity index (χ1n) is 7.49. The van der Waals surface area contributed by atoms with Crippen LogP contribution in [0.15, 0.2) is 12.1 Å². The van der Waals surface area contributed by atoms with Crippen LogP contribution < -0.4 is 10.2 Å². The summed E-state index contributed by atoms with van der Waals surface area (Å²) in [5.74, 6) is 1.66. The van der Waals surface area contributed by atoms with E-state index < -0.39 is 0 Å². The lowest BCUT2D eigenvalue weighted by Crippen LogP contribution is -2.32. The number of rotatable bonds is 9. The minimum atomic E-state index is 0.607. The molecule has 0 aromatic carbocycles. The van der Waals surface area contributed by atoms with E-state index in [-0.39, 0.29) is 0 Å². The Kier molecular flexibility index (Phi) is 7.55. The van der Waals surface area contributed by atoms with Crippen LogP contribution in [0.4, 0.5) is 5.82 Å². The van der Waals surface area contributed by atoms with Gasteiger partial charge in [0.05, 0.1) is 6.61 Å². The lowest BCUT2D eigenvalue weighted by Gasteiger charge is -2.26.